The molecule has 0 aromatic heterocycles. The van der Waals surface area contributed by atoms with Crippen LogP contribution >= 0.6 is 0 Å². The van der Waals surface area contributed by atoms with E-state index in [1.807, 2.05) is 0 Å². The van der Waals surface area contributed by atoms with Crippen LogP contribution < -0.4 is 10.5 Å². The van der Waals surface area contributed by atoms with E-state index in [-0.39, 0.29) is 0 Å². The number of nitrogens with two attached hydrogens (primary N) is 1. The predicted octanol–water partition coefficient (Wildman–Crippen LogP) is 2.77. The number of hydrogen-bond acceptors (Lipinski definition) is 2. The van der Waals surface area contributed by atoms with Crippen LogP contribution in [-0.4, -0.2) is 13.7 Å². The maximum absolute atomic E-state index is 5.76. The van der Waals surface area contributed by atoms with Crippen LogP contribution in [-0.2, 0) is 5.41 Å². The van der Waals surface area contributed by atoms with Crippen LogP contribution in [0.3, 0.4) is 0 Å². The molecule has 0 radical (unpaired) electrons. The Hall–Kier alpha value is -1.02. The summed E-state index contributed by atoms with van der Waals surface area (Å²) in [5, 5.41) is 0. The van der Waals surface area contributed by atoms with Crippen molar-refractivity contribution >= 4 is 0 Å². The van der Waals surface area contributed by atoms with Crippen LogP contribution in [0.15, 0.2) is 18.2 Å². The molecule has 16 heavy (non-hydrogen) atoms. The molecule has 1 fully saturated rings. The first kappa shape index (κ1) is 11.5. The van der Waals surface area contributed by atoms with E-state index >= 15 is 0 Å². The van der Waals surface area contributed by atoms with Crippen LogP contribution in [0.5, 0.6) is 5.75 Å². The summed E-state index contributed by atoms with van der Waals surface area (Å²) < 4.78 is 5.51. The standard InChI is InChI=1S/C14H21NO/c1-11-5-3-6-12(16-2)13(11)14(9-10-15)7-4-8-14/h3,5-6H,4,7-10,15H2,1-2H3. The number of ether oxygens (including phenoxy) is 1. The molecule has 0 saturated heterocycles. The first-order valence-electron chi connectivity index (χ1n) is 6.08. The summed E-state index contributed by atoms with van der Waals surface area (Å²) in [4.78, 5) is 0. The minimum absolute atomic E-state index is 0.297. The third-order valence-corrected chi connectivity index (χ3v) is 3.92. The Labute approximate surface area is 97.8 Å². The number of hydrogen-bond donors (Lipinski definition) is 1. The van der Waals surface area contributed by atoms with Crippen molar-refractivity contribution in [3.8, 4) is 5.75 Å². The average molecular weight is 219 g/mol. The topological polar surface area (TPSA) is 35.2 Å². The third-order valence-electron chi connectivity index (χ3n) is 3.92. The molecule has 0 aliphatic heterocycles. The van der Waals surface area contributed by atoms with E-state index in [1.54, 1.807) is 7.11 Å². The number of rotatable bonds is 4. The molecule has 0 spiro atoms. The summed E-state index contributed by atoms with van der Waals surface area (Å²) in [6, 6.07) is 6.31. The lowest BCUT2D eigenvalue weighted by atomic mass is 9.61. The van der Waals surface area contributed by atoms with Crippen molar-refractivity contribution in [2.24, 2.45) is 5.73 Å². The lowest BCUT2D eigenvalue weighted by Gasteiger charge is -2.44. The van der Waals surface area contributed by atoms with E-state index < -0.39 is 0 Å². The molecule has 1 aliphatic carbocycles. The fourth-order valence-electron chi connectivity index (χ4n) is 3.00. The zero-order chi connectivity index (χ0) is 11.6. The molecule has 0 heterocycles. The fraction of sp³-hybridized carbons (Fsp3) is 0.571. The quantitative estimate of drug-likeness (QED) is 0.845. The Morgan fingerprint density at radius 2 is 2.12 bits per heavy atom. The largest absolute Gasteiger partial charge is 0.496 e. The summed E-state index contributed by atoms with van der Waals surface area (Å²) in [6.07, 6.45) is 4.91. The molecule has 2 N–H and O–H groups in total. The highest BCUT2D eigenvalue weighted by atomic mass is 16.5. The van der Waals surface area contributed by atoms with Crippen molar-refractivity contribution in [3.05, 3.63) is 29.3 Å². The van der Waals surface area contributed by atoms with Crippen molar-refractivity contribution in [1.82, 2.24) is 0 Å². The zero-order valence-electron chi connectivity index (χ0n) is 10.3. The van der Waals surface area contributed by atoms with Crippen molar-refractivity contribution < 1.29 is 4.74 Å². The highest BCUT2D eigenvalue weighted by Gasteiger charge is 2.40. The molecule has 2 rings (SSSR count). The average Bonchev–Trinajstić information content (AvgIpc) is 2.24. The molecule has 1 aromatic rings. The molecule has 1 saturated carbocycles. The molecule has 0 amide bonds. The minimum Gasteiger partial charge on any atom is -0.496 e. The normalized spacial score (nSPS) is 17.9. The maximum atomic E-state index is 5.76. The van der Waals surface area contributed by atoms with Crippen LogP contribution in [0, 0.1) is 6.92 Å². The van der Waals surface area contributed by atoms with Gasteiger partial charge in [-0.3, -0.25) is 0 Å². The summed E-state index contributed by atoms with van der Waals surface area (Å²) in [5.41, 5.74) is 8.80. The summed E-state index contributed by atoms with van der Waals surface area (Å²) in [5.74, 6) is 1.04. The van der Waals surface area contributed by atoms with E-state index in [4.69, 9.17) is 10.5 Å². The number of benzene rings is 1. The van der Waals surface area contributed by atoms with Crippen molar-refractivity contribution in [3.63, 3.8) is 0 Å². The second-order valence-electron chi connectivity index (χ2n) is 4.82. The van der Waals surface area contributed by atoms with Gasteiger partial charge in [-0.05, 0) is 44.4 Å². The predicted molar refractivity (Wildman–Crippen MR) is 66.9 cm³/mol. The van der Waals surface area contributed by atoms with Crippen LogP contribution in [0.2, 0.25) is 0 Å². The molecule has 0 bridgehead atoms. The highest BCUT2D eigenvalue weighted by molar-refractivity contribution is 5.46. The second-order valence-corrected chi connectivity index (χ2v) is 4.82. The molecule has 88 valence electrons. The monoisotopic (exact) mass is 219 g/mol. The third kappa shape index (κ3) is 1.71. The van der Waals surface area contributed by atoms with Gasteiger partial charge in [0.05, 0.1) is 7.11 Å². The van der Waals surface area contributed by atoms with Gasteiger partial charge < -0.3 is 10.5 Å². The first-order valence-corrected chi connectivity index (χ1v) is 6.08. The molecule has 2 nitrogen and oxygen atoms in total. The summed E-state index contributed by atoms with van der Waals surface area (Å²) in [7, 11) is 1.76. The van der Waals surface area contributed by atoms with Gasteiger partial charge in [0, 0.05) is 11.0 Å². The molecule has 0 unspecified atom stereocenters. The van der Waals surface area contributed by atoms with Gasteiger partial charge in [-0.25, -0.2) is 0 Å². The van der Waals surface area contributed by atoms with Crippen LogP contribution in [0.25, 0.3) is 0 Å². The van der Waals surface area contributed by atoms with Gasteiger partial charge in [-0.2, -0.15) is 0 Å². The number of aryl methyl sites for hydroxylation is 1. The SMILES string of the molecule is COc1cccc(C)c1C1(CCN)CCC1. The van der Waals surface area contributed by atoms with E-state index in [9.17, 15) is 0 Å². The van der Waals surface area contributed by atoms with Gasteiger partial charge in [-0.15, -0.1) is 0 Å². The van der Waals surface area contributed by atoms with E-state index in [2.05, 4.69) is 25.1 Å². The van der Waals surface area contributed by atoms with E-state index in [0.29, 0.717) is 5.41 Å². The van der Waals surface area contributed by atoms with E-state index in [1.165, 1.54) is 30.4 Å². The van der Waals surface area contributed by atoms with Gasteiger partial charge in [-0.1, -0.05) is 18.6 Å². The van der Waals surface area contributed by atoms with Crippen LogP contribution in [0.1, 0.15) is 36.8 Å². The lowest BCUT2D eigenvalue weighted by molar-refractivity contribution is 0.220. The molecule has 2 heteroatoms. The smallest absolute Gasteiger partial charge is 0.122 e. The van der Waals surface area contributed by atoms with Gasteiger partial charge in [0.1, 0.15) is 5.75 Å². The number of methoxy groups -OCH3 is 1. The van der Waals surface area contributed by atoms with E-state index in [0.717, 1.165) is 18.7 Å². The van der Waals surface area contributed by atoms with Crippen molar-refractivity contribution in [2.75, 3.05) is 13.7 Å². The van der Waals surface area contributed by atoms with Crippen molar-refractivity contribution in [2.45, 2.75) is 38.0 Å². The van der Waals surface area contributed by atoms with Gasteiger partial charge >= 0.3 is 0 Å². The summed E-state index contributed by atoms with van der Waals surface area (Å²) in [6.45, 7) is 2.94. The fourth-order valence-corrected chi connectivity index (χ4v) is 3.00. The second kappa shape index (κ2) is 4.46. The molecular weight excluding hydrogens is 198 g/mol. The highest BCUT2D eigenvalue weighted by Crippen LogP contribution is 2.50. The summed E-state index contributed by atoms with van der Waals surface area (Å²) >= 11 is 0. The Balaban J connectivity index is 2.44. The Bertz CT molecular complexity index is 369. The Morgan fingerprint density at radius 1 is 1.38 bits per heavy atom. The maximum Gasteiger partial charge on any atom is 0.122 e. The molecule has 1 aliphatic rings. The van der Waals surface area contributed by atoms with Gasteiger partial charge in [0.15, 0.2) is 0 Å². The van der Waals surface area contributed by atoms with Gasteiger partial charge in [0.2, 0.25) is 0 Å². The molecular formula is C14H21NO. The van der Waals surface area contributed by atoms with Gasteiger partial charge in [0.25, 0.3) is 0 Å². The Morgan fingerprint density at radius 3 is 2.62 bits per heavy atom. The molecule has 0 atom stereocenters. The zero-order valence-corrected chi connectivity index (χ0v) is 10.3. The minimum atomic E-state index is 0.297. The Kier molecular flexibility index (Phi) is 3.20. The van der Waals surface area contributed by atoms with Crippen molar-refractivity contribution in [1.29, 1.82) is 0 Å². The molecule has 1 aromatic carbocycles. The van der Waals surface area contributed by atoms with Crippen LogP contribution in [0.4, 0.5) is 0 Å². The first-order chi connectivity index (χ1) is 7.73. The lowest BCUT2D eigenvalue weighted by Crippen LogP contribution is -2.37.